The van der Waals surface area contributed by atoms with Gasteiger partial charge in [0, 0.05) is 23.1 Å². The highest BCUT2D eigenvalue weighted by atomic mass is 35.5. The molecule has 0 aliphatic heterocycles. The Morgan fingerprint density at radius 1 is 1.53 bits per heavy atom. The van der Waals surface area contributed by atoms with Crippen molar-refractivity contribution >= 4 is 11.6 Å². The van der Waals surface area contributed by atoms with Gasteiger partial charge in [-0.15, -0.1) is 0 Å². The van der Waals surface area contributed by atoms with Crippen LogP contribution < -0.4 is 4.74 Å². The molecule has 0 amide bonds. The zero-order chi connectivity index (χ0) is 12.3. The van der Waals surface area contributed by atoms with Gasteiger partial charge in [-0.3, -0.25) is 0 Å². The number of rotatable bonds is 4. The molecule has 0 bridgehead atoms. The fourth-order valence-electron chi connectivity index (χ4n) is 1.57. The molecule has 3 nitrogen and oxygen atoms in total. The van der Waals surface area contributed by atoms with Crippen LogP contribution in [0.5, 0.6) is 5.75 Å². The molecule has 0 saturated heterocycles. The van der Waals surface area contributed by atoms with Crippen molar-refractivity contribution in [3.05, 3.63) is 54.1 Å². The Labute approximate surface area is 105 Å². The molecular formula is C13H13ClN2O. The summed E-state index contributed by atoms with van der Waals surface area (Å²) >= 11 is 5.65. The summed E-state index contributed by atoms with van der Waals surface area (Å²) in [6.45, 7) is 5.93. The van der Waals surface area contributed by atoms with E-state index < -0.39 is 0 Å². The molecule has 0 radical (unpaired) electrons. The summed E-state index contributed by atoms with van der Waals surface area (Å²) in [5.74, 6) is 0.785. The van der Waals surface area contributed by atoms with Crippen LogP contribution in [-0.2, 0) is 0 Å². The molecule has 0 unspecified atom stereocenters. The first kappa shape index (κ1) is 11.7. The van der Waals surface area contributed by atoms with E-state index in [1.54, 1.807) is 12.5 Å². The predicted molar refractivity (Wildman–Crippen MR) is 68.8 cm³/mol. The number of imidazole rings is 1. The number of ether oxygens (including phenoxy) is 1. The van der Waals surface area contributed by atoms with Crippen LogP contribution in [0.3, 0.4) is 0 Å². The smallest absolute Gasteiger partial charge is 0.123 e. The number of benzene rings is 1. The van der Waals surface area contributed by atoms with Gasteiger partial charge in [0.1, 0.15) is 12.4 Å². The second-order valence-electron chi connectivity index (χ2n) is 3.72. The zero-order valence-corrected chi connectivity index (χ0v) is 10.3. The molecule has 0 spiro atoms. The van der Waals surface area contributed by atoms with Crippen LogP contribution in [0, 0.1) is 6.92 Å². The van der Waals surface area contributed by atoms with Crippen molar-refractivity contribution in [3.63, 3.8) is 0 Å². The number of aromatic nitrogens is 2. The largest absolute Gasteiger partial charge is 0.488 e. The lowest BCUT2D eigenvalue weighted by Crippen LogP contribution is -1.98. The third-order valence-corrected chi connectivity index (χ3v) is 2.46. The van der Waals surface area contributed by atoms with Crippen LogP contribution in [0.4, 0.5) is 0 Å². The van der Waals surface area contributed by atoms with Crippen molar-refractivity contribution in [2.75, 3.05) is 6.61 Å². The number of hydrogen-bond acceptors (Lipinski definition) is 2. The summed E-state index contributed by atoms with van der Waals surface area (Å²) in [6.07, 6.45) is 5.42. The summed E-state index contributed by atoms with van der Waals surface area (Å²) < 4.78 is 7.42. The quantitative estimate of drug-likeness (QED) is 0.830. The minimum absolute atomic E-state index is 0.325. The molecule has 1 heterocycles. The topological polar surface area (TPSA) is 27.1 Å². The first-order chi connectivity index (χ1) is 8.16. The number of aryl methyl sites for hydroxylation is 1. The maximum absolute atomic E-state index is 5.65. The molecule has 1 aromatic carbocycles. The lowest BCUT2D eigenvalue weighted by Gasteiger charge is -2.10. The van der Waals surface area contributed by atoms with Crippen molar-refractivity contribution < 1.29 is 4.74 Å². The SMILES string of the molecule is C=C(Cl)COc1ccc(-n2ccnc2)c(C)c1. The van der Waals surface area contributed by atoms with Crippen molar-refractivity contribution in [2.24, 2.45) is 0 Å². The molecule has 0 aliphatic rings. The number of nitrogens with zero attached hydrogens (tertiary/aromatic N) is 2. The molecule has 0 aliphatic carbocycles. The van der Waals surface area contributed by atoms with Crippen LogP contribution in [-0.4, -0.2) is 16.2 Å². The minimum atomic E-state index is 0.325. The van der Waals surface area contributed by atoms with Gasteiger partial charge in [-0.05, 0) is 30.7 Å². The second kappa shape index (κ2) is 5.06. The normalized spacial score (nSPS) is 10.2. The van der Waals surface area contributed by atoms with Crippen LogP contribution in [0.15, 0.2) is 48.5 Å². The van der Waals surface area contributed by atoms with Crippen LogP contribution in [0.2, 0.25) is 0 Å². The summed E-state index contributed by atoms with van der Waals surface area (Å²) in [5, 5.41) is 0.487. The van der Waals surface area contributed by atoms with E-state index >= 15 is 0 Å². The number of halogens is 1. The molecule has 0 saturated carbocycles. The third-order valence-electron chi connectivity index (χ3n) is 2.35. The Bertz CT molecular complexity index is 520. The van der Waals surface area contributed by atoms with Gasteiger partial charge in [0.05, 0.1) is 6.33 Å². The lowest BCUT2D eigenvalue weighted by molar-refractivity contribution is 0.359. The van der Waals surface area contributed by atoms with E-state index in [-0.39, 0.29) is 0 Å². The summed E-state index contributed by atoms with van der Waals surface area (Å²) in [6, 6.07) is 5.86. The molecule has 2 aromatic rings. The molecular weight excluding hydrogens is 236 g/mol. The maximum Gasteiger partial charge on any atom is 0.123 e. The molecule has 0 atom stereocenters. The highest BCUT2D eigenvalue weighted by Crippen LogP contribution is 2.20. The van der Waals surface area contributed by atoms with E-state index in [4.69, 9.17) is 16.3 Å². The molecule has 1 aromatic heterocycles. The Balaban J connectivity index is 2.20. The average Bonchev–Trinajstić information content (AvgIpc) is 2.79. The van der Waals surface area contributed by atoms with Gasteiger partial charge < -0.3 is 9.30 Å². The summed E-state index contributed by atoms with van der Waals surface area (Å²) in [4.78, 5) is 4.02. The molecule has 17 heavy (non-hydrogen) atoms. The highest BCUT2D eigenvalue weighted by Gasteiger charge is 2.02. The van der Waals surface area contributed by atoms with Gasteiger partial charge in [0.25, 0.3) is 0 Å². The zero-order valence-electron chi connectivity index (χ0n) is 9.56. The van der Waals surface area contributed by atoms with E-state index in [1.807, 2.05) is 35.9 Å². The molecule has 2 rings (SSSR count). The van der Waals surface area contributed by atoms with E-state index in [0.29, 0.717) is 11.6 Å². The van der Waals surface area contributed by atoms with Crippen molar-refractivity contribution in [1.82, 2.24) is 9.55 Å². The minimum Gasteiger partial charge on any atom is -0.488 e. The second-order valence-corrected chi connectivity index (χ2v) is 4.26. The first-order valence-electron chi connectivity index (χ1n) is 5.22. The monoisotopic (exact) mass is 248 g/mol. The first-order valence-corrected chi connectivity index (χ1v) is 5.59. The molecule has 0 fully saturated rings. The van der Waals surface area contributed by atoms with Gasteiger partial charge in [-0.25, -0.2) is 4.98 Å². The average molecular weight is 249 g/mol. The van der Waals surface area contributed by atoms with Gasteiger partial charge >= 0.3 is 0 Å². The van der Waals surface area contributed by atoms with Crippen LogP contribution in [0.25, 0.3) is 5.69 Å². The standard InChI is InChI=1S/C13H13ClN2O/c1-10-7-12(17-8-11(2)14)3-4-13(10)16-6-5-15-9-16/h3-7,9H,2,8H2,1H3. The molecule has 88 valence electrons. The van der Waals surface area contributed by atoms with Crippen LogP contribution >= 0.6 is 11.6 Å². The lowest BCUT2D eigenvalue weighted by atomic mass is 10.2. The predicted octanol–water partition coefficient (Wildman–Crippen LogP) is 3.31. The fourth-order valence-corrected chi connectivity index (χ4v) is 1.63. The van der Waals surface area contributed by atoms with Crippen LogP contribution in [0.1, 0.15) is 5.56 Å². The van der Waals surface area contributed by atoms with E-state index in [0.717, 1.165) is 17.0 Å². The van der Waals surface area contributed by atoms with Crippen molar-refractivity contribution in [3.8, 4) is 11.4 Å². The Morgan fingerprint density at radius 2 is 2.35 bits per heavy atom. The maximum atomic E-state index is 5.65. The third kappa shape index (κ3) is 2.88. The number of hydrogen-bond donors (Lipinski definition) is 0. The Hall–Kier alpha value is -1.74. The van der Waals surface area contributed by atoms with E-state index in [9.17, 15) is 0 Å². The van der Waals surface area contributed by atoms with E-state index in [1.165, 1.54) is 0 Å². The van der Waals surface area contributed by atoms with Crippen molar-refractivity contribution in [2.45, 2.75) is 6.92 Å². The molecule has 4 heteroatoms. The van der Waals surface area contributed by atoms with Gasteiger partial charge in [-0.2, -0.15) is 0 Å². The van der Waals surface area contributed by atoms with Gasteiger partial charge in [-0.1, -0.05) is 18.2 Å². The Kier molecular flexibility index (Phi) is 3.49. The summed E-state index contributed by atoms with van der Waals surface area (Å²) in [7, 11) is 0. The van der Waals surface area contributed by atoms with Gasteiger partial charge in [0.15, 0.2) is 0 Å². The van der Waals surface area contributed by atoms with E-state index in [2.05, 4.69) is 11.6 Å². The summed E-state index contributed by atoms with van der Waals surface area (Å²) in [5.41, 5.74) is 2.19. The van der Waals surface area contributed by atoms with Gasteiger partial charge in [0.2, 0.25) is 0 Å². The fraction of sp³-hybridized carbons (Fsp3) is 0.154. The van der Waals surface area contributed by atoms with Crippen molar-refractivity contribution in [1.29, 1.82) is 0 Å². The Morgan fingerprint density at radius 3 is 2.94 bits per heavy atom. The highest BCUT2D eigenvalue weighted by molar-refractivity contribution is 6.29. The molecule has 0 N–H and O–H groups in total.